The van der Waals surface area contributed by atoms with Crippen LogP contribution < -0.4 is 5.73 Å². The Morgan fingerprint density at radius 2 is 2.23 bits per heavy atom. The minimum absolute atomic E-state index is 0.0346. The highest BCUT2D eigenvalue weighted by Crippen LogP contribution is 2.23. The molecule has 1 aromatic carbocycles. The topological polar surface area (TPSA) is 26.0 Å². The average Bonchev–Trinajstić information content (AvgIpc) is 2.10. The third kappa shape index (κ3) is 2.64. The zero-order valence-electron chi connectivity index (χ0n) is 7.56. The minimum atomic E-state index is -0.176. The maximum Gasteiger partial charge on any atom is 0.136 e. The predicted molar refractivity (Wildman–Crippen MR) is 61.0 cm³/mol. The highest BCUT2D eigenvalue weighted by molar-refractivity contribution is 14.1. The molecule has 2 N–H and O–H groups in total. The van der Waals surface area contributed by atoms with E-state index in [0.717, 1.165) is 18.4 Å². The lowest BCUT2D eigenvalue weighted by Crippen LogP contribution is -2.11. The fourth-order valence-electron chi connectivity index (χ4n) is 1.27. The Kier molecular flexibility index (Phi) is 4.12. The van der Waals surface area contributed by atoms with Crippen molar-refractivity contribution in [1.29, 1.82) is 0 Å². The molecule has 0 aliphatic rings. The van der Waals surface area contributed by atoms with E-state index in [2.05, 4.69) is 6.92 Å². The Hall–Kier alpha value is -0.160. The average molecular weight is 293 g/mol. The second kappa shape index (κ2) is 4.91. The molecule has 0 fully saturated rings. The molecule has 0 radical (unpaired) electrons. The second-order valence-electron chi connectivity index (χ2n) is 3.04. The zero-order valence-corrected chi connectivity index (χ0v) is 9.71. The molecule has 0 saturated carbocycles. The van der Waals surface area contributed by atoms with Crippen LogP contribution in [0.25, 0.3) is 0 Å². The van der Waals surface area contributed by atoms with Crippen molar-refractivity contribution in [3.05, 3.63) is 33.1 Å². The standard InChI is InChI=1S/C10H13FIN/c1-2-4-9(13)7-5-3-6-8(11)10(7)12/h3,5-6,9H,2,4,13H2,1H3. The summed E-state index contributed by atoms with van der Waals surface area (Å²) in [6, 6.07) is 5.03. The molecule has 13 heavy (non-hydrogen) atoms. The number of hydrogen-bond acceptors (Lipinski definition) is 1. The maximum absolute atomic E-state index is 13.1. The van der Waals surface area contributed by atoms with Gasteiger partial charge in [-0.3, -0.25) is 0 Å². The van der Waals surface area contributed by atoms with Crippen LogP contribution in [0, 0.1) is 9.39 Å². The molecular formula is C10H13FIN. The lowest BCUT2D eigenvalue weighted by molar-refractivity contribution is 0.596. The molecule has 1 aromatic rings. The van der Waals surface area contributed by atoms with E-state index in [1.54, 1.807) is 6.07 Å². The van der Waals surface area contributed by atoms with Crippen LogP contribution in [-0.4, -0.2) is 0 Å². The SMILES string of the molecule is CCCC(N)c1cccc(F)c1I. The van der Waals surface area contributed by atoms with Gasteiger partial charge in [0.25, 0.3) is 0 Å². The van der Waals surface area contributed by atoms with Gasteiger partial charge in [-0.25, -0.2) is 4.39 Å². The maximum atomic E-state index is 13.1. The first-order valence-corrected chi connectivity index (χ1v) is 5.44. The third-order valence-corrected chi connectivity index (χ3v) is 3.12. The van der Waals surface area contributed by atoms with Crippen molar-refractivity contribution in [3.8, 4) is 0 Å². The lowest BCUT2D eigenvalue weighted by atomic mass is 10.0. The van der Waals surface area contributed by atoms with E-state index in [9.17, 15) is 4.39 Å². The van der Waals surface area contributed by atoms with Gasteiger partial charge in [0.1, 0.15) is 5.82 Å². The number of benzene rings is 1. The molecule has 0 aliphatic heterocycles. The van der Waals surface area contributed by atoms with E-state index in [1.807, 2.05) is 28.7 Å². The molecule has 0 amide bonds. The van der Waals surface area contributed by atoms with Crippen LogP contribution in [-0.2, 0) is 0 Å². The zero-order chi connectivity index (χ0) is 9.84. The second-order valence-corrected chi connectivity index (χ2v) is 4.12. The quantitative estimate of drug-likeness (QED) is 0.851. The minimum Gasteiger partial charge on any atom is -0.324 e. The van der Waals surface area contributed by atoms with Crippen molar-refractivity contribution >= 4 is 22.6 Å². The van der Waals surface area contributed by atoms with Crippen LogP contribution in [0.4, 0.5) is 4.39 Å². The molecule has 1 atom stereocenters. The van der Waals surface area contributed by atoms with Crippen LogP contribution in [0.1, 0.15) is 31.4 Å². The van der Waals surface area contributed by atoms with Gasteiger partial charge in [0.15, 0.2) is 0 Å². The normalized spacial score (nSPS) is 12.9. The molecule has 0 spiro atoms. The van der Waals surface area contributed by atoms with Gasteiger partial charge in [-0.15, -0.1) is 0 Å². The van der Waals surface area contributed by atoms with Gasteiger partial charge in [-0.2, -0.15) is 0 Å². The highest BCUT2D eigenvalue weighted by Gasteiger charge is 2.11. The van der Waals surface area contributed by atoms with Crippen molar-refractivity contribution in [1.82, 2.24) is 0 Å². The van der Waals surface area contributed by atoms with Crippen molar-refractivity contribution < 1.29 is 4.39 Å². The smallest absolute Gasteiger partial charge is 0.136 e. The van der Waals surface area contributed by atoms with Crippen LogP contribution in [0.5, 0.6) is 0 Å². The fraction of sp³-hybridized carbons (Fsp3) is 0.400. The summed E-state index contributed by atoms with van der Waals surface area (Å²) < 4.78 is 13.8. The Bertz CT molecular complexity index is 288. The van der Waals surface area contributed by atoms with Crippen molar-refractivity contribution in [2.75, 3.05) is 0 Å². The molecule has 1 nitrogen and oxygen atoms in total. The molecule has 0 aliphatic carbocycles. The Balaban J connectivity index is 2.93. The molecule has 0 heterocycles. The molecule has 0 saturated heterocycles. The molecule has 0 aromatic heterocycles. The Morgan fingerprint density at radius 1 is 1.54 bits per heavy atom. The first-order valence-electron chi connectivity index (χ1n) is 4.36. The van der Waals surface area contributed by atoms with Crippen LogP contribution in [0.15, 0.2) is 18.2 Å². The van der Waals surface area contributed by atoms with Gasteiger partial charge in [0.05, 0.1) is 3.57 Å². The summed E-state index contributed by atoms with van der Waals surface area (Å²) >= 11 is 2.00. The monoisotopic (exact) mass is 293 g/mol. The predicted octanol–water partition coefficient (Wildman–Crippen LogP) is 3.23. The van der Waals surface area contributed by atoms with Crippen LogP contribution in [0.3, 0.4) is 0 Å². The van der Waals surface area contributed by atoms with Crippen molar-refractivity contribution in [3.63, 3.8) is 0 Å². The number of halogens is 2. The summed E-state index contributed by atoms with van der Waals surface area (Å²) in [5, 5.41) is 0. The van der Waals surface area contributed by atoms with E-state index in [4.69, 9.17) is 5.73 Å². The van der Waals surface area contributed by atoms with Crippen molar-refractivity contribution in [2.45, 2.75) is 25.8 Å². The molecular weight excluding hydrogens is 280 g/mol. The molecule has 0 bridgehead atoms. The number of hydrogen-bond donors (Lipinski definition) is 1. The molecule has 72 valence electrons. The Labute approximate surface area is 91.7 Å². The Morgan fingerprint density at radius 3 is 2.85 bits per heavy atom. The van der Waals surface area contributed by atoms with Gasteiger partial charge in [0.2, 0.25) is 0 Å². The van der Waals surface area contributed by atoms with Crippen LogP contribution in [0.2, 0.25) is 0 Å². The summed E-state index contributed by atoms with van der Waals surface area (Å²) in [5.74, 6) is -0.176. The van der Waals surface area contributed by atoms with Gasteiger partial charge < -0.3 is 5.73 Å². The van der Waals surface area contributed by atoms with Gasteiger partial charge in [0, 0.05) is 6.04 Å². The van der Waals surface area contributed by atoms with Crippen LogP contribution >= 0.6 is 22.6 Å². The summed E-state index contributed by atoms with van der Waals surface area (Å²) in [5.41, 5.74) is 6.82. The summed E-state index contributed by atoms with van der Waals surface area (Å²) in [4.78, 5) is 0. The van der Waals surface area contributed by atoms with E-state index in [1.165, 1.54) is 6.07 Å². The number of rotatable bonds is 3. The largest absolute Gasteiger partial charge is 0.324 e. The summed E-state index contributed by atoms with van der Waals surface area (Å²) in [6.07, 6.45) is 1.92. The van der Waals surface area contributed by atoms with E-state index < -0.39 is 0 Å². The van der Waals surface area contributed by atoms with E-state index >= 15 is 0 Å². The first kappa shape index (κ1) is 10.9. The first-order chi connectivity index (χ1) is 6.16. The number of nitrogens with two attached hydrogens (primary N) is 1. The van der Waals surface area contributed by atoms with E-state index in [0.29, 0.717) is 3.57 Å². The summed E-state index contributed by atoms with van der Waals surface area (Å²) in [7, 11) is 0. The van der Waals surface area contributed by atoms with E-state index in [-0.39, 0.29) is 11.9 Å². The van der Waals surface area contributed by atoms with Gasteiger partial charge in [-0.1, -0.05) is 25.5 Å². The highest BCUT2D eigenvalue weighted by atomic mass is 127. The fourth-order valence-corrected chi connectivity index (χ4v) is 2.03. The lowest BCUT2D eigenvalue weighted by Gasteiger charge is -2.12. The molecule has 1 rings (SSSR count). The summed E-state index contributed by atoms with van der Waals surface area (Å²) in [6.45, 7) is 2.08. The van der Waals surface area contributed by atoms with Crippen molar-refractivity contribution in [2.24, 2.45) is 5.73 Å². The third-order valence-electron chi connectivity index (χ3n) is 1.98. The van der Waals surface area contributed by atoms with Gasteiger partial charge in [-0.05, 0) is 40.6 Å². The molecule has 1 unspecified atom stereocenters. The van der Waals surface area contributed by atoms with Gasteiger partial charge >= 0.3 is 0 Å². The molecule has 3 heteroatoms.